The molecule has 24 heavy (non-hydrogen) atoms. The van der Waals surface area contributed by atoms with Crippen molar-refractivity contribution in [3.63, 3.8) is 0 Å². The molecule has 0 atom stereocenters. The fourth-order valence-electron chi connectivity index (χ4n) is 2.90. The van der Waals surface area contributed by atoms with Crippen LogP contribution in [0.4, 0.5) is 5.82 Å². The molecule has 0 aliphatic carbocycles. The summed E-state index contributed by atoms with van der Waals surface area (Å²) in [4.78, 5) is 22.8. The molecule has 1 aromatic carbocycles. The van der Waals surface area contributed by atoms with Gasteiger partial charge in [0.2, 0.25) is 5.91 Å². The molecule has 1 aliphatic rings. The maximum Gasteiger partial charge on any atom is 0.223 e. The van der Waals surface area contributed by atoms with Crippen LogP contribution in [0.25, 0.3) is 0 Å². The van der Waals surface area contributed by atoms with Crippen LogP contribution < -0.4 is 10.2 Å². The van der Waals surface area contributed by atoms with Crippen molar-refractivity contribution < 1.29 is 4.79 Å². The number of carbonyl (C=O) groups is 1. The van der Waals surface area contributed by atoms with Gasteiger partial charge >= 0.3 is 0 Å². The van der Waals surface area contributed by atoms with E-state index in [1.807, 2.05) is 0 Å². The molecule has 1 amide bonds. The molecule has 6 heteroatoms. The quantitative estimate of drug-likeness (QED) is 0.926. The fraction of sp³-hybridized carbons (Fsp3) is 0.389. The average molecular weight is 345 g/mol. The molecule has 0 radical (unpaired) electrons. The normalized spacial score (nSPS) is 15.3. The maximum atomic E-state index is 12.4. The minimum absolute atomic E-state index is 0.0545. The minimum atomic E-state index is 0.0545. The lowest BCUT2D eigenvalue weighted by atomic mass is 9.96. The summed E-state index contributed by atoms with van der Waals surface area (Å²) in [6.07, 6.45) is 4.86. The van der Waals surface area contributed by atoms with E-state index in [4.69, 9.17) is 11.6 Å². The molecule has 1 fully saturated rings. The summed E-state index contributed by atoms with van der Waals surface area (Å²) in [7, 11) is 0. The number of halogens is 1. The molecule has 0 unspecified atom stereocenters. The Hall–Kier alpha value is -2.14. The molecule has 0 saturated carbocycles. The van der Waals surface area contributed by atoms with Gasteiger partial charge in [-0.05, 0) is 25.3 Å². The number of nitrogens with zero attached hydrogens (tertiary/aromatic N) is 3. The zero-order chi connectivity index (χ0) is 16.9. The van der Waals surface area contributed by atoms with E-state index in [-0.39, 0.29) is 11.8 Å². The molecular formula is C18H21ClN4O. The van der Waals surface area contributed by atoms with Crippen LogP contribution in [-0.2, 0) is 11.3 Å². The van der Waals surface area contributed by atoms with Crippen molar-refractivity contribution in [2.24, 2.45) is 5.92 Å². The predicted molar refractivity (Wildman–Crippen MR) is 95.0 cm³/mol. The van der Waals surface area contributed by atoms with E-state index in [1.165, 1.54) is 11.8 Å². The fourth-order valence-corrected chi connectivity index (χ4v) is 3.04. The summed E-state index contributed by atoms with van der Waals surface area (Å²) >= 11 is 5.89. The highest BCUT2D eigenvalue weighted by atomic mass is 35.5. The highest BCUT2D eigenvalue weighted by Crippen LogP contribution is 2.22. The number of amides is 1. The Kier molecular flexibility index (Phi) is 5.30. The number of hydrogen-bond donors (Lipinski definition) is 1. The smallest absolute Gasteiger partial charge is 0.223 e. The third kappa shape index (κ3) is 4.23. The van der Waals surface area contributed by atoms with Gasteiger partial charge in [0.15, 0.2) is 0 Å². The van der Waals surface area contributed by atoms with E-state index in [0.717, 1.165) is 37.3 Å². The van der Waals surface area contributed by atoms with Crippen molar-refractivity contribution >= 4 is 23.3 Å². The number of piperidine rings is 1. The standard InChI is InChI=1S/C18H21ClN4O/c1-13-2-4-14(5-3-13)10-21-18(24)15-6-8-23(9-7-15)17-12-20-11-16(19)22-17/h2-5,11-12,15H,6-10H2,1H3,(H,21,24). The molecule has 1 N–H and O–H groups in total. The van der Waals surface area contributed by atoms with Gasteiger partial charge in [0.05, 0.1) is 12.4 Å². The Morgan fingerprint density at radius 2 is 1.96 bits per heavy atom. The van der Waals surface area contributed by atoms with Crippen LogP contribution in [0.2, 0.25) is 5.15 Å². The summed E-state index contributed by atoms with van der Waals surface area (Å²) in [6, 6.07) is 8.23. The number of carbonyl (C=O) groups excluding carboxylic acids is 1. The third-order valence-electron chi connectivity index (χ3n) is 4.37. The Morgan fingerprint density at radius 3 is 2.62 bits per heavy atom. The van der Waals surface area contributed by atoms with Gasteiger partial charge in [-0.3, -0.25) is 9.78 Å². The second-order valence-corrected chi connectivity index (χ2v) is 6.55. The van der Waals surface area contributed by atoms with E-state index >= 15 is 0 Å². The Labute approximate surface area is 147 Å². The second kappa shape index (κ2) is 7.62. The first-order valence-corrected chi connectivity index (χ1v) is 8.55. The number of anilines is 1. The third-order valence-corrected chi connectivity index (χ3v) is 4.55. The Morgan fingerprint density at radius 1 is 1.25 bits per heavy atom. The van der Waals surface area contributed by atoms with Gasteiger partial charge in [0, 0.05) is 25.6 Å². The van der Waals surface area contributed by atoms with Crippen molar-refractivity contribution in [3.05, 3.63) is 52.9 Å². The lowest BCUT2D eigenvalue weighted by Gasteiger charge is -2.31. The number of hydrogen-bond acceptors (Lipinski definition) is 4. The lowest BCUT2D eigenvalue weighted by molar-refractivity contribution is -0.125. The zero-order valence-corrected chi connectivity index (χ0v) is 14.5. The van der Waals surface area contributed by atoms with Crippen molar-refractivity contribution in [1.82, 2.24) is 15.3 Å². The van der Waals surface area contributed by atoms with E-state index in [0.29, 0.717) is 11.7 Å². The summed E-state index contributed by atoms with van der Waals surface area (Å²) in [6.45, 7) is 4.22. The minimum Gasteiger partial charge on any atom is -0.355 e. The largest absolute Gasteiger partial charge is 0.355 e. The molecule has 1 saturated heterocycles. The summed E-state index contributed by atoms with van der Waals surface area (Å²) < 4.78 is 0. The van der Waals surface area contributed by atoms with Crippen LogP contribution >= 0.6 is 11.6 Å². The van der Waals surface area contributed by atoms with Gasteiger partial charge in [-0.1, -0.05) is 41.4 Å². The number of benzene rings is 1. The van der Waals surface area contributed by atoms with Gasteiger partial charge in [0.25, 0.3) is 0 Å². The molecular weight excluding hydrogens is 324 g/mol. The highest BCUT2D eigenvalue weighted by Gasteiger charge is 2.25. The van der Waals surface area contributed by atoms with E-state index in [9.17, 15) is 4.79 Å². The second-order valence-electron chi connectivity index (χ2n) is 6.16. The first kappa shape index (κ1) is 16.7. The molecule has 2 heterocycles. The number of rotatable bonds is 4. The van der Waals surface area contributed by atoms with E-state index in [1.54, 1.807) is 6.20 Å². The molecule has 0 spiro atoms. The monoisotopic (exact) mass is 344 g/mol. The number of aromatic nitrogens is 2. The number of aryl methyl sites for hydroxylation is 1. The highest BCUT2D eigenvalue weighted by molar-refractivity contribution is 6.29. The molecule has 0 bridgehead atoms. The van der Waals surface area contributed by atoms with Crippen LogP contribution in [0.1, 0.15) is 24.0 Å². The van der Waals surface area contributed by atoms with Gasteiger partial charge in [-0.25, -0.2) is 4.98 Å². The SMILES string of the molecule is Cc1ccc(CNC(=O)C2CCN(c3cncc(Cl)n3)CC2)cc1. The van der Waals surface area contributed by atoms with Crippen LogP contribution in [0, 0.1) is 12.8 Å². The van der Waals surface area contributed by atoms with E-state index < -0.39 is 0 Å². The van der Waals surface area contributed by atoms with Crippen LogP contribution in [-0.4, -0.2) is 29.0 Å². The zero-order valence-electron chi connectivity index (χ0n) is 13.7. The van der Waals surface area contributed by atoms with Crippen LogP contribution in [0.5, 0.6) is 0 Å². The Balaban J connectivity index is 1.49. The van der Waals surface area contributed by atoms with Gasteiger partial charge in [-0.15, -0.1) is 0 Å². The van der Waals surface area contributed by atoms with Crippen molar-refractivity contribution in [2.75, 3.05) is 18.0 Å². The van der Waals surface area contributed by atoms with Gasteiger partial charge in [0.1, 0.15) is 11.0 Å². The topological polar surface area (TPSA) is 58.1 Å². The van der Waals surface area contributed by atoms with Crippen LogP contribution in [0.15, 0.2) is 36.7 Å². The van der Waals surface area contributed by atoms with Crippen molar-refractivity contribution in [1.29, 1.82) is 0 Å². The van der Waals surface area contributed by atoms with Gasteiger partial charge < -0.3 is 10.2 Å². The number of nitrogens with one attached hydrogen (secondary N) is 1. The molecule has 3 rings (SSSR count). The van der Waals surface area contributed by atoms with Crippen molar-refractivity contribution in [2.45, 2.75) is 26.3 Å². The molecule has 1 aromatic heterocycles. The summed E-state index contributed by atoms with van der Waals surface area (Å²) in [5, 5.41) is 3.44. The summed E-state index contributed by atoms with van der Waals surface area (Å²) in [5.41, 5.74) is 2.35. The average Bonchev–Trinajstić information content (AvgIpc) is 2.61. The molecule has 2 aromatic rings. The molecule has 1 aliphatic heterocycles. The van der Waals surface area contributed by atoms with Crippen LogP contribution in [0.3, 0.4) is 0 Å². The predicted octanol–water partition coefficient (Wildman–Crippen LogP) is 2.97. The van der Waals surface area contributed by atoms with Crippen molar-refractivity contribution in [3.8, 4) is 0 Å². The maximum absolute atomic E-state index is 12.4. The molecule has 5 nitrogen and oxygen atoms in total. The first-order chi connectivity index (χ1) is 11.6. The first-order valence-electron chi connectivity index (χ1n) is 8.17. The Bertz CT molecular complexity index is 696. The summed E-state index contributed by atoms with van der Waals surface area (Å²) in [5.74, 6) is 0.965. The van der Waals surface area contributed by atoms with Gasteiger partial charge in [-0.2, -0.15) is 0 Å². The molecule has 126 valence electrons. The lowest BCUT2D eigenvalue weighted by Crippen LogP contribution is -2.40. The van der Waals surface area contributed by atoms with E-state index in [2.05, 4.69) is 51.4 Å².